The maximum absolute atomic E-state index is 12.7. The highest BCUT2D eigenvalue weighted by atomic mass is 16.4. The summed E-state index contributed by atoms with van der Waals surface area (Å²) in [7, 11) is 1.54. The molecule has 2 amide bonds. The molecule has 1 aliphatic heterocycles. The fourth-order valence-corrected chi connectivity index (χ4v) is 3.91. The van der Waals surface area contributed by atoms with Crippen LogP contribution in [0.15, 0.2) is 24.3 Å². The molecule has 23 heavy (non-hydrogen) atoms. The van der Waals surface area contributed by atoms with Gasteiger partial charge < -0.3 is 15.3 Å². The number of carboxylic acids is 1. The van der Waals surface area contributed by atoms with Gasteiger partial charge in [-0.3, -0.25) is 14.4 Å². The van der Waals surface area contributed by atoms with E-state index in [4.69, 9.17) is 0 Å². The summed E-state index contributed by atoms with van der Waals surface area (Å²) < 4.78 is 0. The van der Waals surface area contributed by atoms with E-state index in [2.05, 4.69) is 5.32 Å². The minimum atomic E-state index is -0.797. The van der Waals surface area contributed by atoms with E-state index in [0.29, 0.717) is 24.1 Å². The summed E-state index contributed by atoms with van der Waals surface area (Å²) in [4.78, 5) is 37.7. The number of nitrogens with one attached hydrogen (secondary N) is 1. The van der Waals surface area contributed by atoms with E-state index in [9.17, 15) is 19.5 Å². The van der Waals surface area contributed by atoms with Crippen LogP contribution < -0.4 is 5.32 Å². The summed E-state index contributed by atoms with van der Waals surface area (Å²) >= 11 is 0. The molecule has 3 rings (SSSR count). The van der Waals surface area contributed by atoms with Crippen molar-refractivity contribution in [2.24, 2.45) is 11.3 Å². The Morgan fingerprint density at radius 1 is 1.30 bits per heavy atom. The average molecular weight is 316 g/mol. The molecular formula is C17H20N2O4. The predicted octanol–water partition coefficient (Wildman–Crippen LogP) is 1.37. The van der Waals surface area contributed by atoms with Gasteiger partial charge >= 0.3 is 5.97 Å². The zero-order chi connectivity index (χ0) is 16.6. The summed E-state index contributed by atoms with van der Waals surface area (Å²) in [5.74, 6) is -1.22. The molecule has 122 valence electrons. The first-order valence-corrected chi connectivity index (χ1v) is 7.83. The van der Waals surface area contributed by atoms with Crippen LogP contribution in [0.1, 0.15) is 40.0 Å². The molecule has 6 nitrogen and oxygen atoms in total. The number of aliphatic carboxylic acids is 1. The van der Waals surface area contributed by atoms with Crippen molar-refractivity contribution in [2.75, 3.05) is 20.1 Å². The Bertz CT molecular complexity index is 672. The molecule has 1 saturated heterocycles. The SMILES string of the molecule is CNC(=O)c1cccc(C(=O)N2C[C@@H]3CCC[C@@]3(C(=O)O)C2)c1. The van der Waals surface area contributed by atoms with Gasteiger partial charge in [0.15, 0.2) is 0 Å². The van der Waals surface area contributed by atoms with Crippen LogP contribution in [0, 0.1) is 11.3 Å². The molecule has 6 heteroatoms. The van der Waals surface area contributed by atoms with Gasteiger partial charge in [0.2, 0.25) is 0 Å². The number of rotatable bonds is 3. The lowest BCUT2D eigenvalue weighted by Gasteiger charge is -2.23. The predicted molar refractivity (Wildman–Crippen MR) is 83.1 cm³/mol. The van der Waals surface area contributed by atoms with Crippen molar-refractivity contribution < 1.29 is 19.5 Å². The van der Waals surface area contributed by atoms with E-state index in [-0.39, 0.29) is 24.3 Å². The summed E-state index contributed by atoms with van der Waals surface area (Å²) in [5.41, 5.74) is 0.0611. The average Bonchev–Trinajstić information content (AvgIpc) is 3.11. The Labute approximate surface area is 134 Å². The van der Waals surface area contributed by atoms with Crippen LogP contribution in [0.25, 0.3) is 0 Å². The lowest BCUT2D eigenvalue weighted by atomic mass is 9.81. The molecule has 1 heterocycles. The highest BCUT2D eigenvalue weighted by molar-refractivity contribution is 6.00. The minimum Gasteiger partial charge on any atom is -0.481 e. The van der Waals surface area contributed by atoms with Crippen molar-refractivity contribution in [1.82, 2.24) is 10.2 Å². The molecule has 0 unspecified atom stereocenters. The number of nitrogens with zero attached hydrogens (tertiary/aromatic N) is 1. The smallest absolute Gasteiger partial charge is 0.311 e. The van der Waals surface area contributed by atoms with Crippen LogP contribution >= 0.6 is 0 Å². The van der Waals surface area contributed by atoms with Gasteiger partial charge in [0.25, 0.3) is 11.8 Å². The van der Waals surface area contributed by atoms with Crippen molar-refractivity contribution in [2.45, 2.75) is 19.3 Å². The normalized spacial score (nSPS) is 26.0. The third kappa shape index (κ3) is 2.48. The molecule has 0 spiro atoms. The number of carboxylic acid groups (broad SMARTS) is 1. The highest BCUT2D eigenvalue weighted by Crippen LogP contribution is 2.49. The van der Waals surface area contributed by atoms with E-state index < -0.39 is 11.4 Å². The molecule has 2 fully saturated rings. The zero-order valence-electron chi connectivity index (χ0n) is 13.0. The van der Waals surface area contributed by atoms with Crippen LogP contribution in [0.2, 0.25) is 0 Å². The second-order valence-electron chi connectivity index (χ2n) is 6.40. The van der Waals surface area contributed by atoms with Gasteiger partial charge in [-0.25, -0.2) is 0 Å². The number of carbonyl (C=O) groups excluding carboxylic acids is 2. The molecule has 0 bridgehead atoms. The van der Waals surface area contributed by atoms with Gasteiger partial charge in [0, 0.05) is 31.3 Å². The van der Waals surface area contributed by atoms with Gasteiger partial charge in [-0.05, 0) is 37.0 Å². The topological polar surface area (TPSA) is 86.7 Å². The first-order valence-electron chi connectivity index (χ1n) is 7.83. The molecular weight excluding hydrogens is 296 g/mol. The molecule has 0 radical (unpaired) electrons. The Morgan fingerprint density at radius 3 is 2.70 bits per heavy atom. The molecule has 2 atom stereocenters. The Kier molecular flexibility index (Phi) is 3.83. The van der Waals surface area contributed by atoms with E-state index in [1.54, 1.807) is 29.2 Å². The van der Waals surface area contributed by atoms with Crippen molar-refractivity contribution in [1.29, 1.82) is 0 Å². The van der Waals surface area contributed by atoms with Gasteiger partial charge in [-0.1, -0.05) is 12.5 Å². The number of likely N-dealkylation sites (tertiary alicyclic amines) is 1. The zero-order valence-corrected chi connectivity index (χ0v) is 13.0. The Hall–Kier alpha value is -2.37. The van der Waals surface area contributed by atoms with Crippen LogP contribution in [0.3, 0.4) is 0 Å². The van der Waals surface area contributed by atoms with E-state index >= 15 is 0 Å². The first-order chi connectivity index (χ1) is 11.0. The molecule has 1 aromatic carbocycles. The third-order valence-corrected chi connectivity index (χ3v) is 5.18. The highest BCUT2D eigenvalue weighted by Gasteiger charge is 2.55. The van der Waals surface area contributed by atoms with E-state index in [1.165, 1.54) is 7.05 Å². The molecule has 1 saturated carbocycles. The summed E-state index contributed by atoms with van der Waals surface area (Å²) in [6.45, 7) is 0.741. The minimum absolute atomic E-state index is 0.0334. The first kappa shape index (κ1) is 15.5. The number of amides is 2. The second kappa shape index (κ2) is 5.68. The summed E-state index contributed by atoms with van der Waals surface area (Å²) in [5, 5.41) is 12.1. The fourth-order valence-electron chi connectivity index (χ4n) is 3.91. The van der Waals surface area contributed by atoms with Gasteiger partial charge in [0.1, 0.15) is 0 Å². The van der Waals surface area contributed by atoms with Gasteiger partial charge in [-0.15, -0.1) is 0 Å². The van der Waals surface area contributed by atoms with Crippen molar-refractivity contribution >= 4 is 17.8 Å². The molecule has 1 aliphatic carbocycles. The Morgan fingerprint density at radius 2 is 2.04 bits per heavy atom. The molecule has 1 aromatic rings. The van der Waals surface area contributed by atoms with Crippen molar-refractivity contribution in [3.05, 3.63) is 35.4 Å². The standard InChI is InChI=1S/C17H20N2O4/c1-18-14(20)11-4-2-5-12(8-11)15(21)19-9-13-6-3-7-17(13,10-19)16(22)23/h2,4-5,8,13H,3,6-7,9-10H2,1H3,(H,18,20)(H,22,23)/t13-,17+/m0/s1. The van der Waals surface area contributed by atoms with Crippen LogP contribution in [0.4, 0.5) is 0 Å². The maximum atomic E-state index is 12.7. The van der Waals surface area contributed by atoms with Gasteiger partial charge in [0.05, 0.1) is 5.41 Å². The number of hydrogen-bond acceptors (Lipinski definition) is 3. The fraction of sp³-hybridized carbons (Fsp3) is 0.471. The monoisotopic (exact) mass is 316 g/mol. The Balaban J connectivity index is 1.82. The number of fused-ring (bicyclic) bond motifs is 1. The molecule has 0 aromatic heterocycles. The number of benzene rings is 1. The number of hydrogen-bond donors (Lipinski definition) is 2. The maximum Gasteiger partial charge on any atom is 0.311 e. The number of carbonyl (C=O) groups is 3. The third-order valence-electron chi connectivity index (χ3n) is 5.18. The van der Waals surface area contributed by atoms with E-state index in [0.717, 1.165) is 12.8 Å². The largest absolute Gasteiger partial charge is 0.481 e. The summed E-state index contributed by atoms with van der Waals surface area (Å²) in [6.07, 6.45) is 2.40. The van der Waals surface area contributed by atoms with Crippen molar-refractivity contribution in [3.63, 3.8) is 0 Å². The van der Waals surface area contributed by atoms with E-state index in [1.807, 2.05) is 0 Å². The van der Waals surface area contributed by atoms with Gasteiger partial charge in [-0.2, -0.15) is 0 Å². The summed E-state index contributed by atoms with van der Waals surface area (Å²) in [6, 6.07) is 6.54. The second-order valence-corrected chi connectivity index (χ2v) is 6.40. The molecule has 2 N–H and O–H groups in total. The lowest BCUT2D eigenvalue weighted by Crippen LogP contribution is -2.37. The van der Waals surface area contributed by atoms with Crippen molar-refractivity contribution in [3.8, 4) is 0 Å². The quantitative estimate of drug-likeness (QED) is 0.882. The van der Waals surface area contributed by atoms with Crippen LogP contribution in [0.5, 0.6) is 0 Å². The lowest BCUT2D eigenvalue weighted by molar-refractivity contribution is -0.149. The van der Waals surface area contributed by atoms with Crippen LogP contribution in [-0.2, 0) is 4.79 Å². The molecule has 2 aliphatic rings. The van der Waals surface area contributed by atoms with Crippen LogP contribution in [-0.4, -0.2) is 47.9 Å².